The van der Waals surface area contributed by atoms with Crippen molar-refractivity contribution in [3.05, 3.63) is 95.1 Å². The molecule has 0 saturated heterocycles. The molecule has 0 N–H and O–H groups in total. The van der Waals surface area contributed by atoms with E-state index in [-0.39, 0.29) is 22.9 Å². The number of carbonyl (C=O) groups excluding carboxylic acids is 1. The molecule has 3 aromatic carbocycles. The van der Waals surface area contributed by atoms with Gasteiger partial charge in [0.2, 0.25) is 5.82 Å². The van der Waals surface area contributed by atoms with Crippen molar-refractivity contribution < 1.29 is 35.9 Å². The van der Waals surface area contributed by atoms with Gasteiger partial charge in [0.05, 0.1) is 18.4 Å². The highest BCUT2D eigenvalue weighted by Crippen LogP contribution is 2.35. The second-order valence-electron chi connectivity index (χ2n) is 7.47. The molecule has 0 radical (unpaired) electrons. The van der Waals surface area contributed by atoms with Crippen LogP contribution in [0.25, 0.3) is 6.08 Å². The van der Waals surface area contributed by atoms with Gasteiger partial charge in [-0.2, -0.15) is 10.1 Å². The number of hydrogen-bond donors (Lipinski definition) is 0. The maximum atomic E-state index is 14.2. The molecule has 0 unspecified atom stereocenters. The van der Waals surface area contributed by atoms with Crippen LogP contribution in [0.2, 0.25) is 0 Å². The predicted molar refractivity (Wildman–Crippen MR) is 137 cm³/mol. The molecule has 0 aliphatic carbocycles. The van der Waals surface area contributed by atoms with E-state index in [1.807, 2.05) is 45.2 Å². The van der Waals surface area contributed by atoms with Crippen molar-refractivity contribution in [3.63, 3.8) is 0 Å². The molecule has 1 aliphatic rings. The second kappa shape index (κ2) is 10.4. The van der Waals surface area contributed by atoms with E-state index in [4.69, 9.17) is 4.74 Å². The van der Waals surface area contributed by atoms with E-state index < -0.39 is 46.5 Å². The van der Waals surface area contributed by atoms with Crippen molar-refractivity contribution in [1.82, 2.24) is 0 Å². The van der Waals surface area contributed by atoms with Crippen molar-refractivity contribution in [2.24, 2.45) is 5.10 Å². The summed E-state index contributed by atoms with van der Waals surface area (Å²) in [5, 5.41) is 3.87. The predicted octanol–water partition coefficient (Wildman–Crippen LogP) is 7.12. The minimum atomic E-state index is -2.33. The smallest absolute Gasteiger partial charge is 0.280 e. The standard InChI is InChI=1S/C24H12F6I2N2O2/c1-10-13(24(35)34(33-10)22-20(29)18(27)17(26)19(28)21(22)30)6-11-7-15(31)23(16(32)8-11)36-9-12-4-2-3-5-14(12)25/h2-8H,9H2,1H3/b13-6+. The SMILES string of the molecule is CC1=NN(c2c(F)c(F)c(F)c(F)c2F)C(=O)/C1=C/c1cc(I)c(OCc2ccccc2F)c(I)c1. The number of halogens is 8. The highest BCUT2D eigenvalue weighted by molar-refractivity contribution is 14.1. The summed E-state index contributed by atoms with van der Waals surface area (Å²) in [6, 6.07) is 9.46. The van der Waals surface area contributed by atoms with Gasteiger partial charge in [-0.05, 0) is 81.9 Å². The monoisotopic (exact) mass is 728 g/mol. The average molecular weight is 728 g/mol. The van der Waals surface area contributed by atoms with Gasteiger partial charge in [-0.15, -0.1) is 0 Å². The zero-order valence-corrected chi connectivity index (χ0v) is 22.3. The molecule has 36 heavy (non-hydrogen) atoms. The number of carbonyl (C=O) groups is 1. The molecule has 1 amide bonds. The van der Waals surface area contributed by atoms with Crippen LogP contribution in [-0.4, -0.2) is 11.6 Å². The Kier molecular flexibility index (Phi) is 7.64. The molecule has 12 heteroatoms. The van der Waals surface area contributed by atoms with Crippen molar-refractivity contribution in [3.8, 4) is 5.75 Å². The van der Waals surface area contributed by atoms with Crippen molar-refractivity contribution in [1.29, 1.82) is 0 Å². The number of hydrogen-bond acceptors (Lipinski definition) is 3. The molecule has 0 aromatic heterocycles. The first kappa shape index (κ1) is 26.4. The Balaban J connectivity index is 1.64. The van der Waals surface area contributed by atoms with E-state index in [2.05, 4.69) is 5.10 Å². The number of anilines is 1. The summed E-state index contributed by atoms with van der Waals surface area (Å²) in [7, 11) is 0. The summed E-state index contributed by atoms with van der Waals surface area (Å²) in [5.41, 5.74) is -0.703. The van der Waals surface area contributed by atoms with Gasteiger partial charge in [0.15, 0.2) is 23.3 Å². The summed E-state index contributed by atoms with van der Waals surface area (Å²) in [4.78, 5) is 12.9. The largest absolute Gasteiger partial charge is 0.487 e. The summed E-state index contributed by atoms with van der Waals surface area (Å²) in [6.45, 7) is 1.35. The van der Waals surface area contributed by atoms with E-state index in [0.29, 0.717) is 24.0 Å². The highest BCUT2D eigenvalue weighted by Gasteiger charge is 2.37. The number of amides is 1. The van der Waals surface area contributed by atoms with Crippen LogP contribution in [0, 0.1) is 42.0 Å². The fourth-order valence-corrected chi connectivity index (χ4v) is 5.48. The molecule has 4 nitrogen and oxygen atoms in total. The molecule has 0 atom stereocenters. The third-order valence-electron chi connectivity index (χ3n) is 5.12. The van der Waals surface area contributed by atoms with Gasteiger partial charge in [-0.3, -0.25) is 4.79 Å². The second-order valence-corrected chi connectivity index (χ2v) is 9.80. The molecule has 186 valence electrons. The first-order chi connectivity index (χ1) is 17.0. The molecule has 3 aromatic rings. The van der Waals surface area contributed by atoms with E-state index in [1.165, 1.54) is 19.1 Å². The van der Waals surface area contributed by atoms with Crippen LogP contribution >= 0.6 is 45.2 Å². The number of rotatable bonds is 5. The topological polar surface area (TPSA) is 41.9 Å². The van der Waals surface area contributed by atoms with Crippen LogP contribution in [0.4, 0.5) is 32.0 Å². The fourth-order valence-electron chi connectivity index (χ4n) is 3.35. The third-order valence-corrected chi connectivity index (χ3v) is 6.73. The Morgan fingerprint density at radius 1 is 0.917 bits per heavy atom. The summed E-state index contributed by atoms with van der Waals surface area (Å²) in [6.07, 6.45) is 1.37. The Labute approximate surface area is 227 Å². The third kappa shape index (κ3) is 4.84. The van der Waals surface area contributed by atoms with Crippen LogP contribution < -0.4 is 9.75 Å². The maximum Gasteiger partial charge on any atom is 0.280 e. The van der Waals surface area contributed by atoms with Gasteiger partial charge in [0.1, 0.15) is 23.9 Å². The van der Waals surface area contributed by atoms with Gasteiger partial charge in [-0.1, -0.05) is 18.2 Å². The van der Waals surface area contributed by atoms with E-state index in [9.17, 15) is 31.1 Å². The minimum Gasteiger partial charge on any atom is -0.487 e. The van der Waals surface area contributed by atoms with Crippen LogP contribution in [-0.2, 0) is 11.4 Å². The Hall–Kier alpha value is -2.62. The number of ether oxygens (including phenoxy) is 1. The lowest BCUT2D eigenvalue weighted by Gasteiger charge is -2.15. The summed E-state index contributed by atoms with van der Waals surface area (Å²) in [5.74, 6) is -12.0. The minimum absolute atomic E-state index is 0.00818. The van der Waals surface area contributed by atoms with Crippen LogP contribution in [0.15, 0.2) is 47.1 Å². The molecule has 1 aliphatic heterocycles. The van der Waals surface area contributed by atoms with E-state index in [1.54, 1.807) is 30.3 Å². The molecule has 1 heterocycles. The fraction of sp³-hybridized carbons (Fsp3) is 0.0833. The Morgan fingerprint density at radius 2 is 1.47 bits per heavy atom. The van der Waals surface area contributed by atoms with Crippen molar-refractivity contribution in [2.75, 3.05) is 5.01 Å². The van der Waals surface area contributed by atoms with E-state index in [0.717, 1.165) is 0 Å². The Morgan fingerprint density at radius 3 is 2.06 bits per heavy atom. The molecule has 0 saturated carbocycles. The lowest BCUT2D eigenvalue weighted by molar-refractivity contribution is -0.114. The van der Waals surface area contributed by atoms with Gasteiger partial charge in [0.25, 0.3) is 5.91 Å². The average Bonchev–Trinajstić information content (AvgIpc) is 3.10. The summed E-state index contributed by atoms with van der Waals surface area (Å²) < 4.78 is 90.1. The lowest BCUT2D eigenvalue weighted by atomic mass is 10.1. The number of benzene rings is 3. The molecular formula is C24H12F6I2N2O2. The maximum absolute atomic E-state index is 14.2. The molecular weight excluding hydrogens is 716 g/mol. The normalized spacial score (nSPS) is 14.6. The Bertz CT molecular complexity index is 1420. The molecule has 0 spiro atoms. The highest BCUT2D eigenvalue weighted by atomic mass is 127. The zero-order chi connectivity index (χ0) is 26.3. The first-order valence-corrected chi connectivity index (χ1v) is 12.2. The van der Waals surface area contributed by atoms with Crippen molar-refractivity contribution in [2.45, 2.75) is 13.5 Å². The van der Waals surface area contributed by atoms with Gasteiger partial charge < -0.3 is 4.74 Å². The number of nitrogens with zero attached hydrogens (tertiary/aromatic N) is 2. The van der Waals surface area contributed by atoms with Gasteiger partial charge in [-0.25, -0.2) is 26.3 Å². The van der Waals surface area contributed by atoms with Gasteiger partial charge in [0, 0.05) is 5.56 Å². The number of hydrazone groups is 1. The van der Waals surface area contributed by atoms with Crippen LogP contribution in [0.1, 0.15) is 18.1 Å². The zero-order valence-electron chi connectivity index (χ0n) is 18.0. The van der Waals surface area contributed by atoms with Crippen LogP contribution in [0.5, 0.6) is 5.75 Å². The van der Waals surface area contributed by atoms with Crippen LogP contribution in [0.3, 0.4) is 0 Å². The molecule has 0 fully saturated rings. The van der Waals surface area contributed by atoms with E-state index >= 15 is 0 Å². The molecule has 0 bridgehead atoms. The van der Waals surface area contributed by atoms with Crippen molar-refractivity contribution >= 4 is 68.6 Å². The lowest BCUT2D eigenvalue weighted by Crippen LogP contribution is -2.25. The molecule has 4 rings (SSSR count). The van der Waals surface area contributed by atoms with Gasteiger partial charge >= 0.3 is 0 Å². The first-order valence-electron chi connectivity index (χ1n) is 9.99. The quantitative estimate of drug-likeness (QED) is 0.0925. The summed E-state index contributed by atoms with van der Waals surface area (Å²) >= 11 is 3.99.